The monoisotopic (exact) mass is 324 g/mol. The van der Waals surface area contributed by atoms with Gasteiger partial charge in [-0.25, -0.2) is 0 Å². The molecule has 0 saturated heterocycles. The minimum atomic E-state index is -0.679. The highest BCUT2D eigenvalue weighted by molar-refractivity contribution is 6.43. The Hall–Kier alpha value is -2.62. The lowest BCUT2D eigenvalue weighted by Crippen LogP contribution is -2.30. The molecule has 2 rings (SSSR count). The molecule has 0 heterocycles. The molecule has 0 aliphatic carbocycles. The lowest BCUT2D eigenvalue weighted by atomic mass is 9.86. The Bertz CT molecular complexity index is 773. The van der Waals surface area contributed by atoms with Crippen LogP contribution in [0.1, 0.15) is 37.5 Å². The number of aryl methyl sites for hydroxylation is 2. The third-order valence-corrected chi connectivity index (χ3v) is 3.95. The Morgan fingerprint density at radius 1 is 0.833 bits per heavy atom. The molecular formula is C20H24N2O2. The highest BCUT2D eigenvalue weighted by atomic mass is 16.2. The number of hydrogen-bond acceptors (Lipinski definition) is 2. The zero-order valence-electron chi connectivity index (χ0n) is 14.9. The van der Waals surface area contributed by atoms with E-state index in [0.29, 0.717) is 11.4 Å². The van der Waals surface area contributed by atoms with E-state index < -0.39 is 11.8 Å². The van der Waals surface area contributed by atoms with E-state index in [9.17, 15) is 9.59 Å². The third-order valence-electron chi connectivity index (χ3n) is 3.95. The Morgan fingerprint density at radius 3 is 2.08 bits per heavy atom. The summed E-state index contributed by atoms with van der Waals surface area (Å²) in [7, 11) is 0. The molecule has 126 valence electrons. The van der Waals surface area contributed by atoms with E-state index in [1.807, 2.05) is 50.2 Å². The van der Waals surface area contributed by atoms with Gasteiger partial charge in [0.15, 0.2) is 0 Å². The Morgan fingerprint density at radius 2 is 1.46 bits per heavy atom. The van der Waals surface area contributed by atoms with Crippen molar-refractivity contribution in [3.63, 3.8) is 0 Å². The van der Waals surface area contributed by atoms with E-state index in [1.165, 1.54) is 0 Å². The average molecular weight is 324 g/mol. The predicted molar refractivity (Wildman–Crippen MR) is 98.3 cm³/mol. The maximum atomic E-state index is 12.2. The number of carbonyl (C=O) groups excluding carboxylic acids is 2. The van der Waals surface area contributed by atoms with Gasteiger partial charge >= 0.3 is 11.8 Å². The Labute approximate surface area is 143 Å². The molecular weight excluding hydrogens is 300 g/mol. The van der Waals surface area contributed by atoms with Crippen LogP contribution in [0.4, 0.5) is 11.4 Å². The van der Waals surface area contributed by atoms with E-state index in [0.717, 1.165) is 16.7 Å². The van der Waals surface area contributed by atoms with Crippen LogP contribution in [0.25, 0.3) is 0 Å². The molecule has 0 fully saturated rings. The van der Waals surface area contributed by atoms with Crippen molar-refractivity contribution in [1.29, 1.82) is 0 Å². The van der Waals surface area contributed by atoms with E-state index in [4.69, 9.17) is 0 Å². The van der Waals surface area contributed by atoms with Gasteiger partial charge in [-0.15, -0.1) is 0 Å². The summed E-state index contributed by atoms with van der Waals surface area (Å²) >= 11 is 0. The highest BCUT2D eigenvalue weighted by Gasteiger charge is 2.21. The van der Waals surface area contributed by atoms with E-state index in [-0.39, 0.29) is 5.41 Å². The van der Waals surface area contributed by atoms with E-state index in [1.54, 1.807) is 6.07 Å². The number of carbonyl (C=O) groups is 2. The zero-order chi connectivity index (χ0) is 17.9. The van der Waals surface area contributed by atoms with Crippen LogP contribution in [-0.2, 0) is 15.0 Å². The second kappa shape index (κ2) is 6.87. The summed E-state index contributed by atoms with van der Waals surface area (Å²) in [5.41, 5.74) is 4.32. The molecule has 2 aromatic carbocycles. The number of rotatable bonds is 2. The van der Waals surface area contributed by atoms with Crippen molar-refractivity contribution in [2.24, 2.45) is 0 Å². The van der Waals surface area contributed by atoms with Gasteiger partial charge in [0, 0.05) is 11.4 Å². The fraction of sp³-hybridized carbons (Fsp3) is 0.300. The number of benzene rings is 2. The van der Waals surface area contributed by atoms with Crippen LogP contribution in [0.5, 0.6) is 0 Å². The number of nitrogens with one attached hydrogen (secondary N) is 2. The number of para-hydroxylation sites is 1. The minimum absolute atomic E-state index is 0.131. The lowest BCUT2D eigenvalue weighted by molar-refractivity contribution is -0.133. The molecule has 0 radical (unpaired) electrons. The molecule has 4 nitrogen and oxygen atoms in total. The summed E-state index contributed by atoms with van der Waals surface area (Å²) < 4.78 is 0. The second-order valence-electron chi connectivity index (χ2n) is 7.00. The first-order chi connectivity index (χ1) is 11.2. The second-order valence-corrected chi connectivity index (χ2v) is 7.00. The molecule has 2 N–H and O–H groups in total. The van der Waals surface area contributed by atoms with Crippen LogP contribution < -0.4 is 10.6 Å². The normalized spacial score (nSPS) is 11.0. The van der Waals surface area contributed by atoms with Crippen LogP contribution in [0.3, 0.4) is 0 Å². The molecule has 2 aromatic rings. The van der Waals surface area contributed by atoms with Crippen molar-refractivity contribution < 1.29 is 9.59 Å². The molecule has 2 amide bonds. The zero-order valence-corrected chi connectivity index (χ0v) is 14.9. The van der Waals surface area contributed by atoms with Crippen molar-refractivity contribution in [3.8, 4) is 0 Å². The molecule has 4 heteroatoms. The molecule has 0 aliphatic heterocycles. The van der Waals surface area contributed by atoms with Crippen molar-refractivity contribution in [2.75, 3.05) is 10.6 Å². The van der Waals surface area contributed by atoms with Crippen molar-refractivity contribution in [1.82, 2.24) is 0 Å². The highest BCUT2D eigenvalue weighted by Crippen LogP contribution is 2.29. The fourth-order valence-electron chi connectivity index (χ4n) is 2.43. The summed E-state index contributed by atoms with van der Waals surface area (Å²) in [6.45, 7) is 10.1. The standard InChI is InChI=1S/C20H24N2O2/c1-13-10-11-15(12-14(13)2)21-18(23)19(24)22-17-9-7-6-8-16(17)20(3,4)5/h6-12H,1-5H3,(H,21,23)(H,22,24). The Balaban J connectivity index is 2.12. The molecule has 0 unspecified atom stereocenters. The molecule has 0 aromatic heterocycles. The predicted octanol–water partition coefficient (Wildman–Crippen LogP) is 4.18. The topological polar surface area (TPSA) is 58.2 Å². The van der Waals surface area contributed by atoms with Gasteiger partial charge in [-0.1, -0.05) is 45.0 Å². The van der Waals surface area contributed by atoms with Crippen molar-refractivity contribution in [3.05, 3.63) is 59.2 Å². The molecule has 0 bridgehead atoms. The van der Waals surface area contributed by atoms with E-state index >= 15 is 0 Å². The van der Waals surface area contributed by atoms with Gasteiger partial charge in [-0.05, 0) is 54.2 Å². The van der Waals surface area contributed by atoms with Gasteiger partial charge in [0.1, 0.15) is 0 Å². The fourth-order valence-corrected chi connectivity index (χ4v) is 2.43. The maximum Gasteiger partial charge on any atom is 0.314 e. The summed E-state index contributed by atoms with van der Waals surface area (Å²) in [6.07, 6.45) is 0. The number of amides is 2. The largest absolute Gasteiger partial charge is 0.318 e. The van der Waals surface area contributed by atoms with Gasteiger partial charge < -0.3 is 10.6 Å². The molecule has 0 spiro atoms. The van der Waals surface area contributed by atoms with Crippen molar-refractivity contribution in [2.45, 2.75) is 40.0 Å². The van der Waals surface area contributed by atoms with Crippen LogP contribution in [-0.4, -0.2) is 11.8 Å². The lowest BCUT2D eigenvalue weighted by Gasteiger charge is -2.22. The molecule has 0 atom stereocenters. The number of hydrogen-bond donors (Lipinski definition) is 2. The smallest absolute Gasteiger partial charge is 0.314 e. The first-order valence-corrected chi connectivity index (χ1v) is 7.97. The molecule has 0 saturated carbocycles. The van der Waals surface area contributed by atoms with E-state index in [2.05, 4.69) is 31.4 Å². The maximum absolute atomic E-state index is 12.2. The summed E-state index contributed by atoms with van der Waals surface area (Å²) in [4.78, 5) is 24.4. The molecule has 0 aliphatic rings. The number of anilines is 2. The average Bonchev–Trinajstić information content (AvgIpc) is 2.50. The first kappa shape index (κ1) is 17.7. The van der Waals surface area contributed by atoms with Crippen LogP contribution in [0.15, 0.2) is 42.5 Å². The first-order valence-electron chi connectivity index (χ1n) is 7.97. The summed E-state index contributed by atoms with van der Waals surface area (Å²) in [6, 6.07) is 13.1. The quantitative estimate of drug-likeness (QED) is 0.814. The van der Waals surface area contributed by atoms with Crippen LogP contribution in [0.2, 0.25) is 0 Å². The minimum Gasteiger partial charge on any atom is -0.318 e. The summed E-state index contributed by atoms with van der Waals surface area (Å²) in [5, 5.41) is 5.35. The Kier molecular flexibility index (Phi) is 5.07. The van der Waals surface area contributed by atoms with Gasteiger partial charge in [0.25, 0.3) is 0 Å². The third kappa shape index (κ3) is 4.22. The van der Waals surface area contributed by atoms with Gasteiger partial charge in [-0.3, -0.25) is 9.59 Å². The van der Waals surface area contributed by atoms with Gasteiger partial charge in [-0.2, -0.15) is 0 Å². The summed E-state index contributed by atoms with van der Waals surface area (Å²) in [5.74, 6) is -1.35. The van der Waals surface area contributed by atoms with Crippen LogP contribution in [0, 0.1) is 13.8 Å². The van der Waals surface area contributed by atoms with Crippen LogP contribution >= 0.6 is 0 Å². The SMILES string of the molecule is Cc1ccc(NC(=O)C(=O)Nc2ccccc2C(C)(C)C)cc1C. The van der Waals surface area contributed by atoms with Gasteiger partial charge in [0.05, 0.1) is 0 Å². The van der Waals surface area contributed by atoms with Crippen molar-refractivity contribution >= 4 is 23.2 Å². The van der Waals surface area contributed by atoms with Gasteiger partial charge in [0.2, 0.25) is 0 Å². The molecule has 24 heavy (non-hydrogen) atoms.